The highest BCUT2D eigenvalue weighted by atomic mass is 16.5. The van der Waals surface area contributed by atoms with Crippen molar-refractivity contribution in [3.8, 4) is 5.75 Å². The van der Waals surface area contributed by atoms with Crippen LogP contribution in [-0.4, -0.2) is 30.4 Å². The quantitative estimate of drug-likeness (QED) is 0.839. The number of nitrogens with one attached hydrogen (secondary N) is 1. The second kappa shape index (κ2) is 9.40. The molecular formula is C23H28N2O3. The first-order valence-electron chi connectivity index (χ1n) is 9.87. The molecule has 0 aliphatic carbocycles. The average molecular weight is 380 g/mol. The zero-order valence-electron chi connectivity index (χ0n) is 16.6. The summed E-state index contributed by atoms with van der Waals surface area (Å²) in [7, 11) is 1.66. The van der Waals surface area contributed by atoms with E-state index in [2.05, 4.69) is 17.4 Å². The number of carbonyl (C=O) groups excluding carboxylic acids is 2. The van der Waals surface area contributed by atoms with Crippen molar-refractivity contribution in [1.29, 1.82) is 0 Å². The molecule has 2 aromatic carbocycles. The van der Waals surface area contributed by atoms with E-state index >= 15 is 0 Å². The van der Waals surface area contributed by atoms with Gasteiger partial charge in [-0.2, -0.15) is 0 Å². The van der Waals surface area contributed by atoms with Crippen molar-refractivity contribution >= 4 is 17.5 Å². The van der Waals surface area contributed by atoms with Gasteiger partial charge in [0.25, 0.3) is 0 Å². The second-order valence-corrected chi connectivity index (χ2v) is 7.28. The van der Waals surface area contributed by atoms with Crippen molar-refractivity contribution < 1.29 is 14.3 Å². The predicted molar refractivity (Wildman–Crippen MR) is 110 cm³/mol. The van der Waals surface area contributed by atoms with Gasteiger partial charge in [0.2, 0.25) is 11.8 Å². The first-order chi connectivity index (χ1) is 13.6. The molecule has 1 N–H and O–H groups in total. The molecule has 28 heavy (non-hydrogen) atoms. The van der Waals surface area contributed by atoms with Crippen LogP contribution < -0.4 is 10.1 Å². The monoisotopic (exact) mass is 380 g/mol. The van der Waals surface area contributed by atoms with Gasteiger partial charge in [0, 0.05) is 19.2 Å². The summed E-state index contributed by atoms with van der Waals surface area (Å²) in [6.07, 6.45) is 4.68. The lowest BCUT2D eigenvalue weighted by atomic mass is 10.00. The summed E-state index contributed by atoms with van der Waals surface area (Å²) in [5.74, 6) is 0.875. The maximum Gasteiger partial charge on any atom is 0.227 e. The van der Waals surface area contributed by atoms with Gasteiger partial charge in [0.1, 0.15) is 5.75 Å². The standard InChI is InChI=1S/C23H28N2O3/c1-17(26)24-20-11-7-18(8-12-20)16-23(27)25-15-5-3-4-6-22(25)19-9-13-21(28-2)14-10-19/h7-14,22H,3-6,15-16H2,1-2H3,(H,24,26)/t22-/m0/s1. The number of nitrogens with zero attached hydrogens (tertiary/aromatic N) is 1. The van der Waals surface area contributed by atoms with Crippen LogP contribution in [0.1, 0.15) is 49.8 Å². The maximum atomic E-state index is 13.1. The van der Waals surface area contributed by atoms with Crippen LogP contribution in [0.4, 0.5) is 5.69 Å². The van der Waals surface area contributed by atoms with Gasteiger partial charge in [-0.05, 0) is 48.2 Å². The first-order valence-corrected chi connectivity index (χ1v) is 9.87. The van der Waals surface area contributed by atoms with E-state index in [1.54, 1.807) is 7.11 Å². The Kier molecular flexibility index (Phi) is 6.69. The van der Waals surface area contributed by atoms with Crippen molar-refractivity contribution in [3.63, 3.8) is 0 Å². The van der Waals surface area contributed by atoms with Crippen LogP contribution in [-0.2, 0) is 16.0 Å². The van der Waals surface area contributed by atoms with Crippen LogP contribution in [0.3, 0.4) is 0 Å². The second-order valence-electron chi connectivity index (χ2n) is 7.28. The molecule has 1 aliphatic rings. The number of methoxy groups -OCH3 is 1. The lowest BCUT2D eigenvalue weighted by molar-refractivity contribution is -0.133. The van der Waals surface area contributed by atoms with Gasteiger partial charge in [-0.25, -0.2) is 0 Å². The van der Waals surface area contributed by atoms with Gasteiger partial charge in [-0.15, -0.1) is 0 Å². The summed E-state index contributed by atoms with van der Waals surface area (Å²) in [6.45, 7) is 2.27. The summed E-state index contributed by atoms with van der Waals surface area (Å²) in [5.41, 5.74) is 2.86. The van der Waals surface area contributed by atoms with Gasteiger partial charge in [-0.3, -0.25) is 9.59 Å². The Hall–Kier alpha value is -2.82. The molecule has 1 atom stereocenters. The Labute approximate surface area is 166 Å². The minimum absolute atomic E-state index is 0.101. The molecule has 0 aromatic heterocycles. The molecule has 0 bridgehead atoms. The van der Waals surface area contributed by atoms with Crippen molar-refractivity contribution in [2.75, 3.05) is 19.0 Å². The highest BCUT2D eigenvalue weighted by molar-refractivity contribution is 5.88. The summed E-state index contributed by atoms with van der Waals surface area (Å²) in [6, 6.07) is 15.7. The molecule has 0 spiro atoms. The van der Waals surface area contributed by atoms with E-state index < -0.39 is 0 Å². The van der Waals surface area contributed by atoms with Crippen molar-refractivity contribution in [1.82, 2.24) is 4.90 Å². The molecule has 5 heteroatoms. The SMILES string of the molecule is COc1ccc([C@@H]2CCCCCN2C(=O)Cc2ccc(NC(C)=O)cc2)cc1. The molecule has 1 aliphatic heterocycles. The Morgan fingerprint density at radius 3 is 2.39 bits per heavy atom. The number of benzene rings is 2. The third-order valence-electron chi connectivity index (χ3n) is 5.20. The molecule has 1 saturated heterocycles. The molecule has 5 nitrogen and oxygen atoms in total. The molecule has 0 radical (unpaired) electrons. The van der Waals surface area contributed by atoms with E-state index in [9.17, 15) is 9.59 Å². The minimum Gasteiger partial charge on any atom is -0.497 e. The number of rotatable bonds is 5. The van der Waals surface area contributed by atoms with E-state index in [1.165, 1.54) is 6.92 Å². The van der Waals surface area contributed by atoms with Crippen LogP contribution in [0.2, 0.25) is 0 Å². The number of anilines is 1. The molecule has 0 saturated carbocycles. The number of amides is 2. The van der Waals surface area contributed by atoms with E-state index in [-0.39, 0.29) is 17.9 Å². The van der Waals surface area contributed by atoms with Crippen LogP contribution in [0.15, 0.2) is 48.5 Å². The van der Waals surface area contributed by atoms with Crippen molar-refractivity contribution in [3.05, 3.63) is 59.7 Å². The van der Waals surface area contributed by atoms with E-state index in [4.69, 9.17) is 4.74 Å². The average Bonchev–Trinajstić information content (AvgIpc) is 2.95. The Morgan fingerprint density at radius 1 is 1.04 bits per heavy atom. The summed E-state index contributed by atoms with van der Waals surface area (Å²) in [4.78, 5) is 26.3. The van der Waals surface area contributed by atoms with Crippen molar-refractivity contribution in [2.24, 2.45) is 0 Å². The zero-order valence-corrected chi connectivity index (χ0v) is 16.6. The largest absolute Gasteiger partial charge is 0.497 e. The number of hydrogen-bond acceptors (Lipinski definition) is 3. The number of likely N-dealkylation sites (tertiary alicyclic amines) is 1. The van der Waals surface area contributed by atoms with Crippen LogP contribution in [0, 0.1) is 0 Å². The van der Waals surface area contributed by atoms with Crippen LogP contribution >= 0.6 is 0 Å². The van der Waals surface area contributed by atoms with Crippen LogP contribution in [0.25, 0.3) is 0 Å². The number of ether oxygens (including phenoxy) is 1. The Morgan fingerprint density at radius 2 is 1.75 bits per heavy atom. The summed E-state index contributed by atoms with van der Waals surface area (Å²) >= 11 is 0. The lowest BCUT2D eigenvalue weighted by Gasteiger charge is -2.31. The van der Waals surface area contributed by atoms with Crippen molar-refractivity contribution in [2.45, 2.75) is 45.1 Å². The Balaban J connectivity index is 1.73. The topological polar surface area (TPSA) is 58.6 Å². The zero-order chi connectivity index (χ0) is 19.9. The molecule has 1 fully saturated rings. The number of carbonyl (C=O) groups is 2. The molecular weight excluding hydrogens is 352 g/mol. The smallest absolute Gasteiger partial charge is 0.227 e. The van der Waals surface area contributed by atoms with Gasteiger partial charge >= 0.3 is 0 Å². The molecule has 2 amide bonds. The highest BCUT2D eigenvalue weighted by Crippen LogP contribution is 2.31. The Bertz CT molecular complexity index is 800. The molecule has 148 valence electrons. The van der Waals surface area contributed by atoms with Gasteiger partial charge in [0.05, 0.1) is 19.6 Å². The van der Waals surface area contributed by atoms with Crippen LogP contribution in [0.5, 0.6) is 5.75 Å². The maximum absolute atomic E-state index is 13.1. The fraction of sp³-hybridized carbons (Fsp3) is 0.391. The third kappa shape index (κ3) is 5.12. The highest BCUT2D eigenvalue weighted by Gasteiger charge is 2.26. The van der Waals surface area contributed by atoms with E-state index in [0.717, 1.165) is 54.8 Å². The third-order valence-corrected chi connectivity index (χ3v) is 5.20. The van der Waals surface area contributed by atoms with Gasteiger partial charge in [-0.1, -0.05) is 37.1 Å². The molecule has 1 heterocycles. The number of hydrogen-bond donors (Lipinski definition) is 1. The first kappa shape index (κ1) is 19.9. The minimum atomic E-state index is -0.101. The normalized spacial score (nSPS) is 16.9. The fourth-order valence-electron chi connectivity index (χ4n) is 3.76. The molecule has 2 aromatic rings. The van der Waals surface area contributed by atoms with Gasteiger partial charge < -0.3 is 15.0 Å². The summed E-state index contributed by atoms with van der Waals surface area (Å²) < 4.78 is 5.26. The van der Waals surface area contributed by atoms with Gasteiger partial charge in [0.15, 0.2) is 0 Å². The summed E-state index contributed by atoms with van der Waals surface area (Å²) in [5, 5.41) is 2.75. The predicted octanol–water partition coefficient (Wildman–Crippen LogP) is 4.34. The fourth-order valence-corrected chi connectivity index (χ4v) is 3.76. The lowest BCUT2D eigenvalue weighted by Crippen LogP contribution is -2.35. The van der Waals surface area contributed by atoms with E-state index in [0.29, 0.717) is 6.42 Å². The molecule has 0 unspecified atom stereocenters. The molecule has 3 rings (SSSR count). The van der Waals surface area contributed by atoms with E-state index in [1.807, 2.05) is 41.3 Å².